The third kappa shape index (κ3) is 5.68. The van der Waals surface area contributed by atoms with Crippen LogP contribution in [0, 0.1) is 5.92 Å². The van der Waals surface area contributed by atoms with E-state index in [2.05, 4.69) is 109 Å². The van der Waals surface area contributed by atoms with Crippen molar-refractivity contribution < 1.29 is 4.74 Å². The molecule has 3 heteroatoms. The predicted octanol–water partition coefficient (Wildman–Crippen LogP) is 6.00. The van der Waals surface area contributed by atoms with Crippen molar-refractivity contribution in [2.75, 3.05) is 18.6 Å². The highest BCUT2D eigenvalue weighted by Crippen LogP contribution is 2.36. The molecule has 0 bridgehead atoms. The van der Waals surface area contributed by atoms with E-state index < -0.39 is 0 Å². The van der Waals surface area contributed by atoms with Crippen LogP contribution in [0.5, 0.6) is 5.75 Å². The summed E-state index contributed by atoms with van der Waals surface area (Å²) in [5.41, 5.74) is 4.05. The Hall–Kier alpha value is -2.78. The maximum absolute atomic E-state index is 5.34. The molecule has 1 aliphatic heterocycles. The fourth-order valence-electron chi connectivity index (χ4n) is 4.51. The molecule has 0 radical (unpaired) electrons. The molecule has 0 amide bonds. The molecule has 1 heterocycles. The number of nitrogens with zero attached hydrogens (tertiary/aromatic N) is 2. The van der Waals surface area contributed by atoms with Crippen molar-refractivity contribution in [3.05, 3.63) is 96.1 Å². The minimum absolute atomic E-state index is 0.502. The van der Waals surface area contributed by atoms with E-state index in [-0.39, 0.29) is 0 Å². The second-order valence-corrected chi connectivity index (χ2v) is 8.99. The van der Waals surface area contributed by atoms with Gasteiger partial charge in [-0.2, -0.15) is 0 Å². The van der Waals surface area contributed by atoms with Gasteiger partial charge >= 0.3 is 0 Å². The molecule has 2 atom stereocenters. The molecule has 0 saturated carbocycles. The van der Waals surface area contributed by atoms with Crippen molar-refractivity contribution in [1.29, 1.82) is 0 Å². The van der Waals surface area contributed by atoms with Crippen LogP contribution in [-0.4, -0.2) is 30.6 Å². The smallest absolute Gasteiger partial charge is 0.119 e. The Kier molecular flexibility index (Phi) is 6.93. The third-order valence-electron chi connectivity index (χ3n) is 6.14. The summed E-state index contributed by atoms with van der Waals surface area (Å²) < 4.78 is 5.34. The number of rotatable bonds is 10. The number of ether oxygens (including phenoxy) is 1. The fraction of sp³-hybridized carbons (Fsp3) is 0.357. The van der Waals surface area contributed by atoms with Crippen LogP contribution in [0.15, 0.2) is 84.9 Å². The summed E-state index contributed by atoms with van der Waals surface area (Å²) >= 11 is 0. The van der Waals surface area contributed by atoms with Crippen LogP contribution in [-0.2, 0) is 13.1 Å². The van der Waals surface area contributed by atoms with E-state index >= 15 is 0 Å². The molecule has 162 valence electrons. The highest BCUT2D eigenvalue weighted by Gasteiger charge is 2.43. The molecule has 0 N–H and O–H groups in total. The van der Waals surface area contributed by atoms with Gasteiger partial charge in [-0.05, 0) is 47.7 Å². The first-order chi connectivity index (χ1) is 15.1. The Morgan fingerprint density at radius 3 is 1.87 bits per heavy atom. The number of anilines is 1. The minimum Gasteiger partial charge on any atom is -0.497 e. The molecule has 0 aromatic heterocycles. The summed E-state index contributed by atoms with van der Waals surface area (Å²) in [5.74, 6) is 1.56. The maximum atomic E-state index is 5.34. The second-order valence-electron chi connectivity index (χ2n) is 8.99. The zero-order chi connectivity index (χ0) is 21.6. The normalized spacial score (nSPS) is 16.5. The minimum atomic E-state index is 0.502. The topological polar surface area (TPSA) is 15.5 Å². The lowest BCUT2D eigenvalue weighted by Gasteiger charge is -2.33. The molecule has 4 rings (SSSR count). The molecule has 0 aliphatic carbocycles. The number of benzene rings is 3. The highest BCUT2D eigenvalue weighted by molar-refractivity contribution is 5.56. The summed E-state index contributed by atoms with van der Waals surface area (Å²) in [4.78, 5) is 5.23. The highest BCUT2D eigenvalue weighted by atomic mass is 16.5. The van der Waals surface area contributed by atoms with Crippen molar-refractivity contribution in [2.24, 2.45) is 5.92 Å². The van der Waals surface area contributed by atoms with Crippen LogP contribution in [0.2, 0.25) is 0 Å². The van der Waals surface area contributed by atoms with Gasteiger partial charge in [-0.15, -0.1) is 0 Å². The summed E-state index contributed by atoms with van der Waals surface area (Å²) in [5, 5.41) is 0. The van der Waals surface area contributed by atoms with Gasteiger partial charge < -0.3 is 9.64 Å². The molecule has 3 nitrogen and oxygen atoms in total. The van der Waals surface area contributed by atoms with Gasteiger partial charge in [-0.3, -0.25) is 4.90 Å². The van der Waals surface area contributed by atoms with Crippen molar-refractivity contribution >= 4 is 5.69 Å². The van der Waals surface area contributed by atoms with Crippen LogP contribution in [0.3, 0.4) is 0 Å². The van der Waals surface area contributed by atoms with Crippen LogP contribution < -0.4 is 9.64 Å². The van der Waals surface area contributed by atoms with Crippen LogP contribution in [0.4, 0.5) is 5.69 Å². The Morgan fingerprint density at radius 1 is 0.839 bits per heavy atom. The van der Waals surface area contributed by atoms with Gasteiger partial charge in [0.1, 0.15) is 5.75 Å². The average Bonchev–Trinajstić information content (AvgIpc) is 3.59. The lowest BCUT2D eigenvalue weighted by Crippen LogP contribution is -2.40. The summed E-state index contributed by atoms with van der Waals surface area (Å²) in [6.07, 6.45) is 1.19. The lowest BCUT2D eigenvalue weighted by atomic mass is 9.98. The Balaban J connectivity index is 1.57. The van der Waals surface area contributed by atoms with E-state index in [1.807, 2.05) is 0 Å². The van der Waals surface area contributed by atoms with Crippen LogP contribution in [0.1, 0.15) is 31.4 Å². The first kappa shape index (κ1) is 21.5. The quantitative estimate of drug-likeness (QED) is 0.378. The Labute approximate surface area is 187 Å². The van der Waals surface area contributed by atoms with Crippen molar-refractivity contribution in [1.82, 2.24) is 4.90 Å². The van der Waals surface area contributed by atoms with E-state index in [1.54, 1.807) is 7.11 Å². The standard InChI is InChI=1S/C28H34N2O/c1-22(2)18-27(28-21-30(28)25-14-16-26(31-3)17-15-25)29(19-23-10-6-4-7-11-23)20-24-12-8-5-9-13-24/h4-17,22,27-28H,18-21H2,1-3H3/t27-,28-,30?/m0/s1. The molecule has 0 unspecified atom stereocenters. The van der Waals surface area contributed by atoms with Crippen LogP contribution in [0.25, 0.3) is 0 Å². The summed E-state index contributed by atoms with van der Waals surface area (Å²) in [6.45, 7) is 7.75. The lowest BCUT2D eigenvalue weighted by molar-refractivity contribution is 0.155. The first-order valence-corrected chi connectivity index (χ1v) is 11.4. The first-order valence-electron chi connectivity index (χ1n) is 11.4. The van der Waals surface area contributed by atoms with Crippen LogP contribution >= 0.6 is 0 Å². The van der Waals surface area contributed by atoms with Crippen molar-refractivity contribution in [2.45, 2.75) is 45.4 Å². The van der Waals surface area contributed by atoms with Gasteiger partial charge in [0.15, 0.2) is 0 Å². The molecule has 3 aromatic carbocycles. The molecule has 31 heavy (non-hydrogen) atoms. The molecular weight excluding hydrogens is 380 g/mol. The average molecular weight is 415 g/mol. The van der Waals surface area contributed by atoms with E-state index in [9.17, 15) is 0 Å². The number of hydrogen-bond acceptors (Lipinski definition) is 3. The van der Waals surface area contributed by atoms with E-state index in [0.29, 0.717) is 18.0 Å². The van der Waals surface area contributed by atoms with Gasteiger partial charge in [0, 0.05) is 31.4 Å². The van der Waals surface area contributed by atoms with Gasteiger partial charge in [0.25, 0.3) is 0 Å². The van der Waals surface area contributed by atoms with E-state index in [4.69, 9.17) is 4.74 Å². The number of hydrogen-bond donors (Lipinski definition) is 0. The molecule has 3 aromatic rings. The van der Waals surface area contributed by atoms with Gasteiger partial charge in [-0.1, -0.05) is 74.5 Å². The molecule has 1 fully saturated rings. The van der Waals surface area contributed by atoms with E-state index in [1.165, 1.54) is 23.2 Å². The summed E-state index contributed by atoms with van der Waals surface area (Å²) in [6, 6.07) is 31.3. The number of methoxy groups -OCH3 is 1. The molecule has 0 spiro atoms. The Bertz CT molecular complexity index is 883. The van der Waals surface area contributed by atoms with Crippen molar-refractivity contribution in [3.8, 4) is 5.75 Å². The van der Waals surface area contributed by atoms with Gasteiger partial charge in [0.05, 0.1) is 13.2 Å². The monoisotopic (exact) mass is 414 g/mol. The van der Waals surface area contributed by atoms with E-state index in [0.717, 1.165) is 25.4 Å². The molecular formula is C28H34N2O. The summed E-state index contributed by atoms with van der Waals surface area (Å²) in [7, 11) is 1.72. The van der Waals surface area contributed by atoms with Gasteiger partial charge in [0.2, 0.25) is 0 Å². The zero-order valence-corrected chi connectivity index (χ0v) is 18.9. The Morgan fingerprint density at radius 2 is 1.39 bits per heavy atom. The third-order valence-corrected chi connectivity index (χ3v) is 6.14. The molecule has 1 saturated heterocycles. The SMILES string of the molecule is COc1ccc(N2C[C@H]2[C@H](CC(C)C)N(Cc2ccccc2)Cc2ccccc2)cc1. The maximum Gasteiger partial charge on any atom is 0.119 e. The molecule has 1 aliphatic rings. The second kappa shape index (κ2) is 10.0. The zero-order valence-electron chi connectivity index (χ0n) is 18.9. The fourth-order valence-corrected chi connectivity index (χ4v) is 4.51. The predicted molar refractivity (Wildman–Crippen MR) is 130 cm³/mol. The van der Waals surface area contributed by atoms with Gasteiger partial charge in [-0.25, -0.2) is 0 Å². The van der Waals surface area contributed by atoms with Crippen molar-refractivity contribution in [3.63, 3.8) is 0 Å². The largest absolute Gasteiger partial charge is 0.497 e.